The van der Waals surface area contributed by atoms with Crippen molar-refractivity contribution in [1.29, 1.82) is 0 Å². The maximum atomic E-state index is 12.5. The standard InChI is InChI=1S/C15H26N2O3/c16-10-14(6-3-1-2-4-7-14)12(18)17-11-15(13(19)20)8-5-9-15/h1-11,16H2,(H,17,18)(H,19,20). The molecule has 0 saturated heterocycles. The molecule has 2 aliphatic rings. The number of hydrogen-bond acceptors (Lipinski definition) is 3. The lowest BCUT2D eigenvalue weighted by atomic mass is 9.68. The number of carbonyl (C=O) groups excluding carboxylic acids is 1. The first-order chi connectivity index (χ1) is 9.55. The summed E-state index contributed by atoms with van der Waals surface area (Å²) in [6, 6.07) is 0. The molecule has 0 atom stereocenters. The van der Waals surface area contributed by atoms with E-state index in [1.54, 1.807) is 0 Å². The normalized spacial score (nSPS) is 24.2. The number of aliphatic carboxylic acids is 1. The highest BCUT2D eigenvalue weighted by Crippen LogP contribution is 2.41. The summed E-state index contributed by atoms with van der Waals surface area (Å²) < 4.78 is 0. The molecule has 2 fully saturated rings. The number of nitrogens with one attached hydrogen (secondary N) is 1. The number of hydrogen-bond donors (Lipinski definition) is 3. The molecular formula is C15H26N2O3. The molecule has 0 unspecified atom stereocenters. The molecule has 5 nitrogen and oxygen atoms in total. The van der Waals surface area contributed by atoms with Crippen molar-refractivity contribution in [3.8, 4) is 0 Å². The van der Waals surface area contributed by atoms with E-state index in [-0.39, 0.29) is 12.5 Å². The average molecular weight is 282 g/mol. The Morgan fingerprint density at radius 3 is 1.90 bits per heavy atom. The van der Waals surface area contributed by atoms with E-state index in [1.165, 1.54) is 0 Å². The average Bonchev–Trinajstić information content (AvgIpc) is 2.63. The second-order valence-electron chi connectivity index (χ2n) is 6.52. The maximum Gasteiger partial charge on any atom is 0.311 e. The van der Waals surface area contributed by atoms with Crippen LogP contribution in [0.2, 0.25) is 0 Å². The van der Waals surface area contributed by atoms with Crippen molar-refractivity contribution in [1.82, 2.24) is 5.32 Å². The number of nitrogens with two attached hydrogens (primary N) is 1. The van der Waals surface area contributed by atoms with Crippen molar-refractivity contribution in [3.63, 3.8) is 0 Å². The van der Waals surface area contributed by atoms with Gasteiger partial charge in [-0.1, -0.05) is 32.1 Å². The molecule has 20 heavy (non-hydrogen) atoms. The van der Waals surface area contributed by atoms with Gasteiger partial charge in [-0.05, 0) is 25.7 Å². The zero-order chi connectivity index (χ0) is 14.6. The number of carboxylic acid groups (broad SMARTS) is 1. The van der Waals surface area contributed by atoms with E-state index in [4.69, 9.17) is 5.73 Å². The molecule has 0 aromatic rings. The zero-order valence-electron chi connectivity index (χ0n) is 12.1. The van der Waals surface area contributed by atoms with E-state index in [1.807, 2.05) is 0 Å². The lowest BCUT2D eigenvalue weighted by Crippen LogP contribution is -2.52. The SMILES string of the molecule is NCC1(C(=O)NCC2(C(=O)O)CCC2)CCCCCC1. The smallest absolute Gasteiger partial charge is 0.311 e. The first kappa shape index (κ1) is 15.3. The van der Waals surface area contributed by atoms with Gasteiger partial charge in [0.25, 0.3) is 0 Å². The third-order valence-electron chi connectivity index (χ3n) is 5.28. The summed E-state index contributed by atoms with van der Waals surface area (Å²) in [5.41, 5.74) is 4.68. The van der Waals surface area contributed by atoms with Gasteiger partial charge in [0, 0.05) is 13.1 Å². The van der Waals surface area contributed by atoms with E-state index in [9.17, 15) is 14.7 Å². The molecule has 0 heterocycles. The monoisotopic (exact) mass is 282 g/mol. The first-order valence-electron chi connectivity index (χ1n) is 7.76. The third-order valence-corrected chi connectivity index (χ3v) is 5.28. The molecule has 1 amide bonds. The Morgan fingerprint density at radius 2 is 1.50 bits per heavy atom. The van der Waals surface area contributed by atoms with Gasteiger partial charge in [0.05, 0.1) is 10.8 Å². The van der Waals surface area contributed by atoms with Crippen LogP contribution in [0, 0.1) is 10.8 Å². The molecule has 0 aromatic carbocycles. The van der Waals surface area contributed by atoms with Crippen LogP contribution in [0.15, 0.2) is 0 Å². The summed E-state index contributed by atoms with van der Waals surface area (Å²) in [6.45, 7) is 0.613. The van der Waals surface area contributed by atoms with Gasteiger partial charge in [0.2, 0.25) is 5.91 Å². The minimum Gasteiger partial charge on any atom is -0.481 e. The third kappa shape index (κ3) is 2.82. The highest BCUT2D eigenvalue weighted by molar-refractivity contribution is 5.84. The second-order valence-corrected chi connectivity index (χ2v) is 6.52. The number of rotatable bonds is 5. The van der Waals surface area contributed by atoms with E-state index in [0.29, 0.717) is 19.4 Å². The molecule has 0 aliphatic heterocycles. The summed E-state index contributed by atoms with van der Waals surface area (Å²) in [5, 5.41) is 12.2. The van der Waals surface area contributed by atoms with Crippen LogP contribution >= 0.6 is 0 Å². The van der Waals surface area contributed by atoms with E-state index >= 15 is 0 Å². The van der Waals surface area contributed by atoms with Gasteiger partial charge in [-0.3, -0.25) is 9.59 Å². The Labute approximate surface area is 120 Å². The molecule has 0 aromatic heterocycles. The van der Waals surface area contributed by atoms with Crippen LogP contribution in [0.3, 0.4) is 0 Å². The Morgan fingerprint density at radius 1 is 0.950 bits per heavy atom. The fourth-order valence-corrected chi connectivity index (χ4v) is 3.44. The van der Waals surface area contributed by atoms with E-state index < -0.39 is 16.8 Å². The Bertz CT molecular complexity index is 369. The van der Waals surface area contributed by atoms with E-state index in [2.05, 4.69) is 5.32 Å². The molecule has 5 heteroatoms. The molecule has 0 spiro atoms. The van der Waals surface area contributed by atoms with Crippen LogP contribution < -0.4 is 11.1 Å². The van der Waals surface area contributed by atoms with Crippen molar-refractivity contribution in [2.24, 2.45) is 16.6 Å². The van der Waals surface area contributed by atoms with Crippen LogP contribution in [-0.4, -0.2) is 30.1 Å². The predicted molar refractivity (Wildman–Crippen MR) is 76.1 cm³/mol. The predicted octanol–water partition coefficient (Wildman–Crippen LogP) is 1.66. The summed E-state index contributed by atoms with van der Waals surface area (Å²) in [7, 11) is 0. The minimum atomic E-state index is -0.785. The largest absolute Gasteiger partial charge is 0.481 e. The highest BCUT2D eigenvalue weighted by atomic mass is 16.4. The summed E-state index contributed by atoms with van der Waals surface area (Å²) in [6.07, 6.45) is 8.32. The lowest BCUT2D eigenvalue weighted by molar-refractivity contribution is -0.154. The minimum absolute atomic E-state index is 0.0329. The van der Waals surface area contributed by atoms with Gasteiger partial charge in [-0.25, -0.2) is 0 Å². The Hall–Kier alpha value is -1.10. The quantitative estimate of drug-likeness (QED) is 0.669. The van der Waals surface area contributed by atoms with Crippen LogP contribution in [0.1, 0.15) is 57.8 Å². The maximum absolute atomic E-state index is 12.5. The number of carboxylic acids is 1. The van der Waals surface area contributed by atoms with Crippen molar-refractivity contribution in [2.45, 2.75) is 57.8 Å². The molecule has 114 valence electrons. The molecule has 2 rings (SSSR count). The van der Waals surface area contributed by atoms with Crippen molar-refractivity contribution in [2.75, 3.05) is 13.1 Å². The summed E-state index contributed by atoms with van der Waals surface area (Å²) in [5.74, 6) is -0.818. The van der Waals surface area contributed by atoms with Crippen LogP contribution in [-0.2, 0) is 9.59 Å². The Kier molecular flexibility index (Phi) is 4.68. The molecular weight excluding hydrogens is 256 g/mol. The van der Waals surface area contributed by atoms with Crippen LogP contribution in [0.5, 0.6) is 0 Å². The lowest BCUT2D eigenvalue weighted by Gasteiger charge is -2.39. The number of carbonyl (C=O) groups is 2. The second kappa shape index (κ2) is 6.12. The fraction of sp³-hybridized carbons (Fsp3) is 0.867. The molecule has 2 aliphatic carbocycles. The fourth-order valence-electron chi connectivity index (χ4n) is 3.44. The summed E-state index contributed by atoms with van der Waals surface area (Å²) >= 11 is 0. The van der Waals surface area contributed by atoms with Crippen molar-refractivity contribution in [3.05, 3.63) is 0 Å². The Balaban J connectivity index is 1.97. The summed E-state index contributed by atoms with van der Waals surface area (Å²) in [4.78, 5) is 23.8. The topological polar surface area (TPSA) is 92.4 Å². The van der Waals surface area contributed by atoms with Gasteiger partial charge in [-0.15, -0.1) is 0 Å². The van der Waals surface area contributed by atoms with Crippen LogP contribution in [0.25, 0.3) is 0 Å². The van der Waals surface area contributed by atoms with E-state index in [0.717, 1.165) is 44.9 Å². The van der Waals surface area contributed by atoms with Gasteiger partial charge in [0.15, 0.2) is 0 Å². The molecule has 0 bridgehead atoms. The zero-order valence-corrected chi connectivity index (χ0v) is 12.1. The first-order valence-corrected chi connectivity index (χ1v) is 7.76. The molecule has 2 saturated carbocycles. The number of amides is 1. The molecule has 4 N–H and O–H groups in total. The molecule has 0 radical (unpaired) electrons. The van der Waals surface area contributed by atoms with Crippen molar-refractivity contribution >= 4 is 11.9 Å². The van der Waals surface area contributed by atoms with Crippen LogP contribution in [0.4, 0.5) is 0 Å². The highest BCUT2D eigenvalue weighted by Gasteiger charge is 2.46. The van der Waals surface area contributed by atoms with Crippen molar-refractivity contribution < 1.29 is 14.7 Å². The van der Waals surface area contributed by atoms with Gasteiger partial charge in [-0.2, -0.15) is 0 Å². The van der Waals surface area contributed by atoms with Gasteiger partial charge in [0.1, 0.15) is 0 Å². The van der Waals surface area contributed by atoms with Gasteiger partial charge >= 0.3 is 5.97 Å². The van der Waals surface area contributed by atoms with Gasteiger partial charge < -0.3 is 16.2 Å².